The van der Waals surface area contributed by atoms with E-state index in [1.54, 1.807) is 0 Å². The fourth-order valence-corrected chi connectivity index (χ4v) is 2.39. The quantitative estimate of drug-likeness (QED) is 0.789. The van der Waals surface area contributed by atoms with E-state index >= 15 is 0 Å². The van der Waals surface area contributed by atoms with Crippen LogP contribution in [0.15, 0.2) is 28.7 Å². The first-order valence-corrected chi connectivity index (χ1v) is 7.30. The first-order chi connectivity index (χ1) is 7.96. The maximum Gasteiger partial charge on any atom is 0.422 e. The molecule has 0 N–H and O–H groups in total. The molecule has 0 spiro atoms. The van der Waals surface area contributed by atoms with Gasteiger partial charge < -0.3 is 0 Å². The first kappa shape index (κ1) is 15.5. The van der Waals surface area contributed by atoms with Gasteiger partial charge in [0.1, 0.15) is 0 Å². The van der Waals surface area contributed by atoms with Crippen LogP contribution in [0.5, 0.6) is 0 Å². The van der Waals surface area contributed by atoms with Crippen molar-refractivity contribution in [3.05, 3.63) is 34.3 Å². The average molecular weight is 347 g/mol. The Balaban J connectivity index is 3.34. The van der Waals surface area contributed by atoms with Gasteiger partial charge in [-0.3, -0.25) is 0 Å². The number of halogens is 4. The van der Waals surface area contributed by atoms with Crippen LogP contribution in [0.3, 0.4) is 0 Å². The molecular weight excluding hydrogens is 337 g/mol. The Hall–Kier alpha value is -0.600. The number of rotatable bonds is 3. The third-order valence-electron chi connectivity index (χ3n) is 2.25. The highest BCUT2D eigenvalue weighted by molar-refractivity contribution is 9.10. The zero-order valence-electron chi connectivity index (χ0n) is 9.45. The van der Waals surface area contributed by atoms with Crippen LogP contribution in [-0.4, -0.2) is 20.8 Å². The van der Waals surface area contributed by atoms with Gasteiger partial charge in [-0.25, -0.2) is 4.18 Å². The third kappa shape index (κ3) is 3.46. The molecule has 0 unspecified atom stereocenters. The molecule has 0 aliphatic rings. The molecule has 1 aromatic carbocycles. The smallest absolute Gasteiger partial charge is 0.249 e. The first-order valence-electron chi connectivity index (χ1n) is 4.69. The van der Waals surface area contributed by atoms with E-state index in [-0.39, 0.29) is 5.56 Å². The monoisotopic (exact) mass is 346 g/mol. The number of hydrogen-bond acceptors (Lipinski definition) is 3. The predicted octanol–water partition coefficient (Wildman–Crippen LogP) is 3.20. The zero-order valence-corrected chi connectivity index (χ0v) is 11.9. The second kappa shape index (κ2) is 4.82. The van der Waals surface area contributed by atoms with Crippen molar-refractivity contribution in [2.75, 3.05) is 6.26 Å². The maximum absolute atomic E-state index is 13.0. The largest absolute Gasteiger partial charge is 0.422 e. The van der Waals surface area contributed by atoms with Gasteiger partial charge in [-0.15, -0.1) is 0 Å². The Bertz CT molecular complexity index is 524. The molecule has 0 radical (unpaired) electrons. The van der Waals surface area contributed by atoms with Crippen LogP contribution in [0.1, 0.15) is 12.5 Å². The van der Waals surface area contributed by atoms with Crippen LogP contribution < -0.4 is 0 Å². The summed E-state index contributed by atoms with van der Waals surface area (Å²) >= 11 is 3.08. The van der Waals surface area contributed by atoms with E-state index in [4.69, 9.17) is 0 Å². The molecule has 0 heterocycles. The minimum absolute atomic E-state index is 0.288. The van der Waals surface area contributed by atoms with Gasteiger partial charge in [-0.05, 0) is 24.6 Å². The molecule has 1 rings (SSSR count). The fourth-order valence-electron chi connectivity index (χ4n) is 1.33. The second-order valence-corrected chi connectivity index (χ2v) is 6.32. The van der Waals surface area contributed by atoms with Crippen molar-refractivity contribution in [3.8, 4) is 0 Å². The molecule has 0 fully saturated rings. The Morgan fingerprint density at radius 3 is 1.94 bits per heavy atom. The van der Waals surface area contributed by atoms with Crippen LogP contribution in [0.2, 0.25) is 0 Å². The van der Waals surface area contributed by atoms with Crippen LogP contribution in [0.4, 0.5) is 13.2 Å². The molecule has 0 saturated carbocycles. The highest BCUT2D eigenvalue weighted by Gasteiger charge is 2.56. The van der Waals surface area contributed by atoms with E-state index in [0.29, 0.717) is 17.7 Å². The van der Waals surface area contributed by atoms with Crippen molar-refractivity contribution in [2.45, 2.75) is 18.7 Å². The van der Waals surface area contributed by atoms with Crippen molar-refractivity contribution in [3.63, 3.8) is 0 Å². The van der Waals surface area contributed by atoms with E-state index < -0.39 is 21.9 Å². The molecule has 0 saturated heterocycles. The van der Waals surface area contributed by atoms with Crippen molar-refractivity contribution < 1.29 is 25.8 Å². The summed E-state index contributed by atoms with van der Waals surface area (Å²) in [5, 5.41) is 0. The van der Waals surface area contributed by atoms with Gasteiger partial charge >= 0.3 is 6.18 Å². The molecule has 102 valence electrons. The minimum Gasteiger partial charge on any atom is -0.249 e. The molecule has 18 heavy (non-hydrogen) atoms. The SMILES string of the molecule is C[C@@](OS(C)(=O)=O)(c1ccc(Br)cc1)C(F)(F)F. The lowest BCUT2D eigenvalue weighted by molar-refractivity contribution is -0.246. The summed E-state index contributed by atoms with van der Waals surface area (Å²) in [5.74, 6) is 0. The molecular formula is C10H10BrF3O3S. The topological polar surface area (TPSA) is 43.4 Å². The van der Waals surface area contributed by atoms with E-state index in [1.807, 2.05) is 0 Å². The van der Waals surface area contributed by atoms with Gasteiger partial charge in [-0.1, -0.05) is 28.1 Å². The number of hydrogen-bond donors (Lipinski definition) is 0. The lowest BCUT2D eigenvalue weighted by Crippen LogP contribution is -2.43. The molecule has 3 nitrogen and oxygen atoms in total. The third-order valence-corrected chi connectivity index (χ3v) is 3.42. The van der Waals surface area contributed by atoms with Crippen LogP contribution in [0.25, 0.3) is 0 Å². The highest BCUT2D eigenvalue weighted by atomic mass is 79.9. The molecule has 0 aromatic heterocycles. The second-order valence-electron chi connectivity index (χ2n) is 3.83. The average Bonchev–Trinajstić information content (AvgIpc) is 2.13. The summed E-state index contributed by atoms with van der Waals surface area (Å²) < 4.78 is 65.9. The predicted molar refractivity (Wildman–Crippen MR) is 63.5 cm³/mol. The van der Waals surface area contributed by atoms with Crippen LogP contribution in [-0.2, 0) is 19.9 Å². The maximum atomic E-state index is 13.0. The molecule has 0 bridgehead atoms. The molecule has 0 aliphatic heterocycles. The van der Waals surface area contributed by atoms with Crippen molar-refractivity contribution >= 4 is 26.0 Å². The van der Waals surface area contributed by atoms with Gasteiger partial charge in [0.25, 0.3) is 10.1 Å². The number of benzene rings is 1. The van der Waals surface area contributed by atoms with E-state index in [1.165, 1.54) is 12.1 Å². The van der Waals surface area contributed by atoms with E-state index in [2.05, 4.69) is 20.1 Å². The highest BCUT2D eigenvalue weighted by Crippen LogP contribution is 2.43. The van der Waals surface area contributed by atoms with Gasteiger partial charge in [0.2, 0.25) is 5.60 Å². The molecule has 0 amide bonds. The van der Waals surface area contributed by atoms with Crippen LogP contribution >= 0.6 is 15.9 Å². The van der Waals surface area contributed by atoms with E-state index in [9.17, 15) is 21.6 Å². The molecule has 0 aliphatic carbocycles. The normalized spacial score (nSPS) is 16.3. The van der Waals surface area contributed by atoms with Crippen molar-refractivity contribution in [1.82, 2.24) is 0 Å². The molecule has 8 heteroatoms. The molecule has 1 atom stereocenters. The fraction of sp³-hybridized carbons (Fsp3) is 0.400. The summed E-state index contributed by atoms with van der Waals surface area (Å²) in [6, 6.07) is 5.07. The lowest BCUT2D eigenvalue weighted by Gasteiger charge is -2.31. The Labute approximate surface area is 111 Å². The van der Waals surface area contributed by atoms with E-state index in [0.717, 1.165) is 12.1 Å². The standard InChI is InChI=1S/C10H10BrF3O3S/c1-9(10(12,13)14,17-18(2,15)16)7-3-5-8(11)6-4-7/h3-6H,1-2H3/t9-/m1/s1. The Kier molecular flexibility index (Phi) is 4.14. The van der Waals surface area contributed by atoms with Crippen molar-refractivity contribution in [1.29, 1.82) is 0 Å². The molecule has 1 aromatic rings. The summed E-state index contributed by atoms with van der Waals surface area (Å²) in [6.07, 6.45) is -4.28. The van der Waals surface area contributed by atoms with Crippen LogP contribution in [0, 0.1) is 0 Å². The van der Waals surface area contributed by atoms with Gasteiger partial charge in [-0.2, -0.15) is 21.6 Å². The minimum atomic E-state index is -4.86. The van der Waals surface area contributed by atoms with Crippen molar-refractivity contribution in [2.24, 2.45) is 0 Å². The summed E-state index contributed by atoms with van der Waals surface area (Å²) in [7, 11) is -4.25. The lowest BCUT2D eigenvalue weighted by atomic mass is 9.96. The Morgan fingerprint density at radius 1 is 1.17 bits per heavy atom. The van der Waals surface area contributed by atoms with Gasteiger partial charge in [0.05, 0.1) is 6.26 Å². The Morgan fingerprint density at radius 2 is 1.61 bits per heavy atom. The van der Waals surface area contributed by atoms with Gasteiger partial charge in [0, 0.05) is 4.47 Å². The summed E-state index contributed by atoms with van der Waals surface area (Å²) in [6.45, 7) is 0.678. The zero-order chi connectivity index (χ0) is 14.2. The number of alkyl halides is 3. The summed E-state index contributed by atoms with van der Waals surface area (Å²) in [4.78, 5) is 0. The van der Waals surface area contributed by atoms with Gasteiger partial charge in [0.15, 0.2) is 0 Å². The summed E-state index contributed by atoms with van der Waals surface area (Å²) in [5.41, 5.74) is -3.19.